The SMILES string of the molecule is CCCCCC/C=C\C=C\CC(=O)OCC. The van der Waals surface area contributed by atoms with Gasteiger partial charge in [-0.3, -0.25) is 4.79 Å². The van der Waals surface area contributed by atoms with Crippen LogP contribution in [0.4, 0.5) is 0 Å². The lowest BCUT2D eigenvalue weighted by Crippen LogP contribution is -2.01. The van der Waals surface area contributed by atoms with Gasteiger partial charge in [0.15, 0.2) is 0 Å². The molecule has 0 rings (SSSR count). The number of carbonyl (C=O) groups is 1. The van der Waals surface area contributed by atoms with Crippen molar-refractivity contribution < 1.29 is 9.53 Å². The maximum Gasteiger partial charge on any atom is 0.309 e. The summed E-state index contributed by atoms with van der Waals surface area (Å²) in [6.45, 7) is 4.49. The normalized spacial score (nSPS) is 11.4. The molecule has 2 heteroatoms. The minimum Gasteiger partial charge on any atom is -0.466 e. The van der Waals surface area contributed by atoms with Crippen molar-refractivity contribution in [1.29, 1.82) is 0 Å². The lowest BCUT2D eigenvalue weighted by Gasteiger charge is -1.95. The minimum absolute atomic E-state index is 0.157. The van der Waals surface area contributed by atoms with Gasteiger partial charge in [-0.25, -0.2) is 0 Å². The summed E-state index contributed by atoms with van der Waals surface area (Å²) in [5, 5.41) is 0. The molecule has 0 aliphatic carbocycles. The Bertz CT molecular complexity index is 217. The molecule has 16 heavy (non-hydrogen) atoms. The van der Waals surface area contributed by atoms with E-state index in [2.05, 4.69) is 13.0 Å². The van der Waals surface area contributed by atoms with Crippen molar-refractivity contribution in [1.82, 2.24) is 0 Å². The molecule has 0 heterocycles. The van der Waals surface area contributed by atoms with Crippen LogP contribution in [0.25, 0.3) is 0 Å². The van der Waals surface area contributed by atoms with Crippen molar-refractivity contribution in [3.05, 3.63) is 24.3 Å². The van der Waals surface area contributed by atoms with Gasteiger partial charge in [0.05, 0.1) is 13.0 Å². The first-order valence-electron chi connectivity index (χ1n) is 6.28. The molecule has 2 nitrogen and oxygen atoms in total. The Morgan fingerprint density at radius 2 is 1.81 bits per heavy atom. The van der Waals surface area contributed by atoms with Gasteiger partial charge in [-0.2, -0.15) is 0 Å². The molecule has 0 bridgehead atoms. The summed E-state index contributed by atoms with van der Waals surface area (Å²) in [6, 6.07) is 0. The van der Waals surface area contributed by atoms with Crippen LogP contribution in [0, 0.1) is 0 Å². The topological polar surface area (TPSA) is 26.3 Å². The zero-order valence-electron chi connectivity index (χ0n) is 10.6. The molecular weight excluding hydrogens is 200 g/mol. The summed E-state index contributed by atoms with van der Waals surface area (Å²) in [5.41, 5.74) is 0. The first-order chi connectivity index (χ1) is 7.81. The summed E-state index contributed by atoms with van der Waals surface area (Å²) in [7, 11) is 0. The van der Waals surface area contributed by atoms with E-state index in [0.717, 1.165) is 6.42 Å². The molecule has 0 atom stereocenters. The van der Waals surface area contributed by atoms with Gasteiger partial charge in [-0.15, -0.1) is 0 Å². The molecule has 0 amide bonds. The van der Waals surface area contributed by atoms with Gasteiger partial charge in [-0.05, 0) is 19.8 Å². The molecule has 0 aliphatic heterocycles. The predicted molar refractivity (Wildman–Crippen MR) is 68.3 cm³/mol. The maximum absolute atomic E-state index is 11.0. The third-order valence-corrected chi connectivity index (χ3v) is 2.20. The van der Waals surface area contributed by atoms with Crippen LogP contribution in [0.2, 0.25) is 0 Å². The van der Waals surface area contributed by atoms with Crippen LogP contribution in [0.5, 0.6) is 0 Å². The summed E-state index contributed by atoms with van der Waals surface area (Å²) in [5.74, 6) is -0.157. The van der Waals surface area contributed by atoms with Crippen molar-refractivity contribution in [3.8, 4) is 0 Å². The van der Waals surface area contributed by atoms with Crippen molar-refractivity contribution in [2.45, 2.75) is 52.4 Å². The fourth-order valence-corrected chi connectivity index (χ4v) is 1.33. The van der Waals surface area contributed by atoms with Crippen LogP contribution < -0.4 is 0 Å². The Balaban J connectivity index is 3.37. The lowest BCUT2D eigenvalue weighted by atomic mass is 10.1. The molecule has 0 aliphatic rings. The van der Waals surface area contributed by atoms with E-state index in [4.69, 9.17) is 4.74 Å². The zero-order chi connectivity index (χ0) is 12.1. The van der Waals surface area contributed by atoms with E-state index in [9.17, 15) is 4.79 Å². The Morgan fingerprint density at radius 1 is 1.06 bits per heavy atom. The van der Waals surface area contributed by atoms with E-state index in [1.807, 2.05) is 25.2 Å². The largest absolute Gasteiger partial charge is 0.466 e. The summed E-state index contributed by atoms with van der Waals surface area (Å²) in [6.07, 6.45) is 14.6. The Hall–Kier alpha value is -1.05. The average Bonchev–Trinajstić information content (AvgIpc) is 2.27. The summed E-state index contributed by atoms with van der Waals surface area (Å²) >= 11 is 0. The van der Waals surface area contributed by atoms with E-state index < -0.39 is 0 Å². The molecule has 0 fully saturated rings. The highest BCUT2D eigenvalue weighted by atomic mass is 16.5. The second kappa shape index (κ2) is 12.0. The standard InChI is InChI=1S/C14H24O2/c1-3-5-6-7-8-9-10-11-12-13-14(15)16-4-2/h9-12H,3-8,13H2,1-2H3/b10-9-,12-11+. The second-order valence-electron chi connectivity index (χ2n) is 3.71. The number of rotatable bonds is 9. The van der Waals surface area contributed by atoms with Crippen LogP contribution in [-0.2, 0) is 9.53 Å². The zero-order valence-corrected chi connectivity index (χ0v) is 10.6. The van der Waals surface area contributed by atoms with Gasteiger partial charge in [0.25, 0.3) is 0 Å². The number of carbonyl (C=O) groups excluding carboxylic acids is 1. The van der Waals surface area contributed by atoms with Gasteiger partial charge in [0, 0.05) is 0 Å². The van der Waals surface area contributed by atoms with Gasteiger partial charge >= 0.3 is 5.97 Å². The Labute approximate surface area is 99.4 Å². The highest BCUT2D eigenvalue weighted by Crippen LogP contribution is 2.02. The van der Waals surface area contributed by atoms with E-state index >= 15 is 0 Å². The molecule has 0 aromatic heterocycles. The fourth-order valence-electron chi connectivity index (χ4n) is 1.33. The number of hydrogen-bond donors (Lipinski definition) is 0. The van der Waals surface area contributed by atoms with Gasteiger partial charge in [0.1, 0.15) is 0 Å². The van der Waals surface area contributed by atoms with Crippen LogP contribution >= 0.6 is 0 Å². The Morgan fingerprint density at radius 3 is 2.50 bits per heavy atom. The molecule has 0 N–H and O–H groups in total. The second-order valence-corrected chi connectivity index (χ2v) is 3.71. The number of unbranched alkanes of at least 4 members (excludes halogenated alkanes) is 4. The molecule has 0 saturated carbocycles. The van der Waals surface area contributed by atoms with E-state index in [1.54, 1.807) is 0 Å². The molecular formula is C14H24O2. The third-order valence-electron chi connectivity index (χ3n) is 2.20. The highest BCUT2D eigenvalue weighted by molar-refractivity contribution is 5.71. The van der Waals surface area contributed by atoms with Crippen LogP contribution in [0.1, 0.15) is 52.4 Å². The van der Waals surface area contributed by atoms with E-state index in [1.165, 1.54) is 25.7 Å². The van der Waals surface area contributed by atoms with Crippen LogP contribution in [-0.4, -0.2) is 12.6 Å². The molecule has 0 aromatic carbocycles. The van der Waals surface area contributed by atoms with Crippen molar-refractivity contribution in [3.63, 3.8) is 0 Å². The molecule has 0 spiro atoms. The first-order valence-corrected chi connectivity index (χ1v) is 6.28. The van der Waals surface area contributed by atoms with Crippen LogP contribution in [0.3, 0.4) is 0 Å². The maximum atomic E-state index is 11.0. The van der Waals surface area contributed by atoms with E-state index in [0.29, 0.717) is 13.0 Å². The number of esters is 1. The van der Waals surface area contributed by atoms with Gasteiger partial charge in [-0.1, -0.05) is 50.5 Å². The third kappa shape index (κ3) is 11.0. The number of hydrogen-bond acceptors (Lipinski definition) is 2. The monoisotopic (exact) mass is 224 g/mol. The predicted octanol–water partition coefficient (Wildman–Crippen LogP) is 4.02. The molecule has 92 valence electrons. The fraction of sp³-hybridized carbons (Fsp3) is 0.643. The number of allylic oxidation sites excluding steroid dienone is 3. The van der Waals surface area contributed by atoms with E-state index in [-0.39, 0.29) is 5.97 Å². The molecule has 0 unspecified atom stereocenters. The van der Waals surface area contributed by atoms with Crippen molar-refractivity contribution in [2.24, 2.45) is 0 Å². The molecule has 0 aromatic rings. The van der Waals surface area contributed by atoms with Gasteiger partial charge in [0.2, 0.25) is 0 Å². The highest BCUT2D eigenvalue weighted by Gasteiger charge is 1.94. The summed E-state index contributed by atoms with van der Waals surface area (Å²) < 4.78 is 4.80. The molecule has 0 saturated heterocycles. The van der Waals surface area contributed by atoms with Gasteiger partial charge < -0.3 is 4.74 Å². The quantitative estimate of drug-likeness (QED) is 0.336. The lowest BCUT2D eigenvalue weighted by molar-refractivity contribution is -0.142. The molecule has 0 radical (unpaired) electrons. The Kier molecular flexibility index (Phi) is 11.2. The average molecular weight is 224 g/mol. The minimum atomic E-state index is -0.157. The summed E-state index contributed by atoms with van der Waals surface area (Å²) in [4.78, 5) is 11.0. The smallest absolute Gasteiger partial charge is 0.309 e. The van der Waals surface area contributed by atoms with Crippen molar-refractivity contribution in [2.75, 3.05) is 6.61 Å². The van der Waals surface area contributed by atoms with Crippen LogP contribution in [0.15, 0.2) is 24.3 Å². The first kappa shape index (κ1) is 14.9. The number of ether oxygens (including phenoxy) is 1. The van der Waals surface area contributed by atoms with Crippen molar-refractivity contribution >= 4 is 5.97 Å².